The number of esters is 2. The average Bonchev–Trinajstić information content (AvgIpc) is 3.37. The van der Waals surface area contributed by atoms with Crippen molar-refractivity contribution in [1.29, 1.82) is 0 Å². The van der Waals surface area contributed by atoms with Crippen LogP contribution in [0.4, 0.5) is 4.79 Å². The van der Waals surface area contributed by atoms with Crippen molar-refractivity contribution < 1.29 is 39.9 Å². The highest BCUT2D eigenvalue weighted by molar-refractivity contribution is 7.99. The number of fused-ring (bicyclic) bond motifs is 3. The van der Waals surface area contributed by atoms with Crippen LogP contribution in [0.1, 0.15) is 86.1 Å². The van der Waals surface area contributed by atoms with Gasteiger partial charge in [0.25, 0.3) is 0 Å². The van der Waals surface area contributed by atoms with E-state index < -0.39 is 41.1 Å². The SMILES string of the molecule is [2H]C(CSC[C@H](NC(=O)OCC1c2ccccc2-c2ccccc21)C(=O)OC(C)(C)C)(N=C(CC(C)C)C1=C(O)CC(C)(C)CC1=O)C(=O)OCC=C. The van der Waals surface area contributed by atoms with E-state index in [4.69, 9.17) is 14.2 Å². The van der Waals surface area contributed by atoms with Crippen LogP contribution in [0.2, 0.25) is 0 Å². The van der Waals surface area contributed by atoms with Crippen molar-refractivity contribution >= 4 is 41.3 Å². The number of hydrogen-bond acceptors (Lipinski definition) is 10. The van der Waals surface area contributed by atoms with E-state index in [1.165, 1.54) is 6.08 Å². The van der Waals surface area contributed by atoms with E-state index in [2.05, 4.69) is 16.9 Å². The fourth-order valence-electron chi connectivity index (χ4n) is 6.32. The van der Waals surface area contributed by atoms with Crippen molar-refractivity contribution in [2.75, 3.05) is 24.7 Å². The van der Waals surface area contributed by atoms with Crippen LogP contribution in [-0.4, -0.2) is 77.0 Å². The average molecular weight is 734 g/mol. The van der Waals surface area contributed by atoms with Crippen LogP contribution in [0.5, 0.6) is 0 Å². The molecular formula is C41H52N2O8S. The molecule has 2 aromatic rings. The lowest BCUT2D eigenvalue weighted by molar-refractivity contribution is -0.156. The maximum absolute atomic E-state index is 13.4. The van der Waals surface area contributed by atoms with E-state index in [9.17, 15) is 25.7 Å². The van der Waals surface area contributed by atoms with Gasteiger partial charge in [0.05, 0.1) is 12.7 Å². The largest absolute Gasteiger partial charge is 0.511 e. The zero-order valence-corrected chi connectivity index (χ0v) is 32.1. The Hall–Kier alpha value is -4.38. The first-order chi connectivity index (χ1) is 24.8. The molecule has 2 N–H and O–H groups in total. The molecule has 2 aliphatic carbocycles. The summed E-state index contributed by atoms with van der Waals surface area (Å²) in [6.07, 6.45) is 1.16. The molecule has 0 heterocycles. The maximum atomic E-state index is 13.4. The topological polar surface area (TPSA) is 141 Å². The molecule has 0 saturated carbocycles. The third kappa shape index (κ3) is 10.8. The van der Waals surface area contributed by atoms with Crippen LogP contribution in [0.3, 0.4) is 0 Å². The van der Waals surface area contributed by atoms with Crippen molar-refractivity contribution in [3.05, 3.63) is 83.6 Å². The van der Waals surface area contributed by atoms with Crippen LogP contribution >= 0.6 is 11.8 Å². The van der Waals surface area contributed by atoms with Gasteiger partial charge >= 0.3 is 18.0 Å². The number of aliphatic hydroxyl groups excluding tert-OH is 1. The Bertz CT molecular complexity index is 1730. The van der Waals surface area contributed by atoms with Gasteiger partial charge in [-0.05, 0) is 60.8 Å². The number of nitrogens with one attached hydrogen (secondary N) is 1. The predicted octanol–water partition coefficient (Wildman–Crippen LogP) is 7.75. The first-order valence-electron chi connectivity index (χ1n) is 18.1. The van der Waals surface area contributed by atoms with Crippen molar-refractivity contribution in [2.24, 2.45) is 16.3 Å². The molecule has 0 saturated heterocycles. The Kier molecular flexibility index (Phi) is 13.0. The first kappa shape index (κ1) is 38.8. The predicted molar refractivity (Wildman–Crippen MR) is 205 cm³/mol. The van der Waals surface area contributed by atoms with Gasteiger partial charge in [0.1, 0.15) is 30.6 Å². The number of hydrogen-bond donors (Lipinski definition) is 2. The number of rotatable bonds is 15. The maximum Gasteiger partial charge on any atom is 0.407 e. The number of ether oxygens (including phenoxy) is 3. The number of thioether (sulfide) groups is 1. The van der Waals surface area contributed by atoms with Gasteiger partial charge in [-0.3, -0.25) is 9.79 Å². The summed E-state index contributed by atoms with van der Waals surface area (Å²) < 4.78 is 25.9. The van der Waals surface area contributed by atoms with Gasteiger partial charge in [0.15, 0.2) is 11.8 Å². The number of benzene rings is 2. The molecule has 0 bridgehead atoms. The Labute approximate surface area is 312 Å². The molecule has 0 fully saturated rings. The summed E-state index contributed by atoms with van der Waals surface area (Å²) in [5, 5.41) is 13.6. The van der Waals surface area contributed by atoms with Gasteiger partial charge in [0, 0.05) is 30.3 Å². The molecule has 2 atom stereocenters. The fourth-order valence-corrected chi connectivity index (χ4v) is 7.27. The second kappa shape index (κ2) is 17.4. The van der Waals surface area contributed by atoms with Gasteiger partial charge in [0.2, 0.25) is 0 Å². The van der Waals surface area contributed by atoms with E-state index in [0.717, 1.165) is 34.0 Å². The summed E-state index contributed by atoms with van der Waals surface area (Å²) >= 11 is 1.00. The number of aliphatic imine (C=N–C) groups is 1. The summed E-state index contributed by atoms with van der Waals surface area (Å²) in [5.41, 5.74) is 3.07. The monoisotopic (exact) mass is 733 g/mol. The number of allylic oxidation sites excluding steroid dienone is 2. The number of nitrogens with zero attached hydrogens (tertiary/aromatic N) is 1. The van der Waals surface area contributed by atoms with Crippen molar-refractivity contribution in [3.8, 4) is 11.1 Å². The Morgan fingerprint density at radius 1 is 1.04 bits per heavy atom. The number of carbonyl (C=O) groups is 4. The third-order valence-electron chi connectivity index (χ3n) is 8.43. The van der Waals surface area contributed by atoms with Crippen LogP contribution in [-0.2, 0) is 28.6 Å². The molecule has 1 unspecified atom stereocenters. The normalized spacial score (nSPS) is 17.7. The van der Waals surface area contributed by atoms with E-state index >= 15 is 0 Å². The van der Waals surface area contributed by atoms with E-state index in [0.29, 0.717) is 0 Å². The van der Waals surface area contributed by atoms with Crippen LogP contribution in [0, 0.1) is 11.3 Å². The van der Waals surface area contributed by atoms with Crippen molar-refractivity contribution in [1.82, 2.24) is 5.32 Å². The minimum absolute atomic E-state index is 0.0275. The van der Waals surface area contributed by atoms with Gasteiger partial charge in [-0.1, -0.05) is 88.9 Å². The lowest BCUT2D eigenvalue weighted by atomic mass is 9.75. The molecular weight excluding hydrogens is 681 g/mol. The Morgan fingerprint density at radius 2 is 1.65 bits per heavy atom. The molecule has 1 amide bonds. The summed E-state index contributed by atoms with van der Waals surface area (Å²) in [7, 11) is 0. The molecule has 0 aromatic heterocycles. The van der Waals surface area contributed by atoms with Crippen molar-refractivity contribution in [2.45, 2.75) is 91.3 Å². The van der Waals surface area contributed by atoms with E-state index in [-0.39, 0.29) is 78.6 Å². The Balaban J connectivity index is 1.56. The highest BCUT2D eigenvalue weighted by Gasteiger charge is 2.36. The number of alkyl carbamates (subject to hydrolysis) is 1. The summed E-state index contributed by atoms with van der Waals surface area (Å²) in [5.74, 6) is -2.80. The molecule has 0 spiro atoms. The molecule has 2 aromatic carbocycles. The zero-order valence-electron chi connectivity index (χ0n) is 32.2. The first-order valence-corrected chi connectivity index (χ1v) is 18.7. The number of aliphatic hydroxyl groups is 1. The minimum Gasteiger partial charge on any atom is -0.511 e. The standard InChI is InChI=1S/C41H52N2O8S/c1-9-18-49-37(46)32(42-31(19-25(2)3)36-34(44)20-41(7,8)21-35(36)45)23-52-24-33(38(47)51-40(4,5)6)43-39(48)50-22-30-28-16-12-10-14-26(28)27-15-11-13-17-29(27)30/h9-17,25,30,32-33,44H,1,18-24H2,2-8H3,(H,43,48)/t32?,33-/m0/s1/i32D. The lowest BCUT2D eigenvalue weighted by Crippen LogP contribution is -2.46. The minimum atomic E-state index is -2.28. The van der Waals surface area contributed by atoms with E-state index in [1.807, 2.05) is 76.2 Å². The van der Waals surface area contributed by atoms with Gasteiger partial charge < -0.3 is 24.6 Å². The summed E-state index contributed by atoms with van der Waals surface area (Å²) in [6.45, 7) is 16.1. The molecule has 11 heteroatoms. The van der Waals surface area contributed by atoms with Crippen molar-refractivity contribution in [3.63, 3.8) is 0 Å². The second-order valence-electron chi connectivity index (χ2n) is 15.3. The van der Waals surface area contributed by atoms with Gasteiger partial charge in [-0.2, -0.15) is 11.8 Å². The van der Waals surface area contributed by atoms with Crippen LogP contribution in [0.15, 0.2) is 77.5 Å². The zero-order chi connectivity index (χ0) is 39.1. The number of ketones is 1. The van der Waals surface area contributed by atoms with Gasteiger partial charge in [-0.25, -0.2) is 14.4 Å². The third-order valence-corrected chi connectivity index (χ3v) is 9.48. The number of carbonyl (C=O) groups excluding carboxylic acids is 4. The molecule has 52 heavy (non-hydrogen) atoms. The fraction of sp³-hybridized carbons (Fsp3) is 0.488. The Morgan fingerprint density at radius 3 is 2.21 bits per heavy atom. The lowest BCUT2D eigenvalue weighted by Gasteiger charge is -2.30. The molecule has 10 nitrogen and oxygen atoms in total. The molecule has 4 rings (SSSR count). The quantitative estimate of drug-likeness (QED) is 0.0814. The smallest absolute Gasteiger partial charge is 0.407 e. The van der Waals surface area contributed by atoms with E-state index in [1.54, 1.807) is 20.8 Å². The number of amides is 1. The summed E-state index contributed by atoms with van der Waals surface area (Å²) in [4.78, 5) is 57.9. The van der Waals surface area contributed by atoms with Crippen LogP contribution < -0.4 is 5.32 Å². The summed E-state index contributed by atoms with van der Waals surface area (Å²) in [6, 6.07) is 12.4. The highest BCUT2D eigenvalue weighted by Crippen LogP contribution is 2.44. The highest BCUT2D eigenvalue weighted by atomic mass is 32.2. The molecule has 0 radical (unpaired) electrons. The van der Waals surface area contributed by atoms with Gasteiger partial charge in [-0.15, -0.1) is 0 Å². The molecule has 0 aliphatic heterocycles. The second-order valence-corrected chi connectivity index (χ2v) is 16.4. The molecule has 2 aliphatic rings. The molecule has 280 valence electrons. The van der Waals surface area contributed by atoms with Crippen LogP contribution in [0.25, 0.3) is 11.1 Å². The number of Topliss-reactive ketones (excluding diaryl/α,β-unsaturated/α-hetero) is 1.